The second-order valence-corrected chi connectivity index (χ2v) is 5.74. The number of ether oxygens (including phenoxy) is 1. The summed E-state index contributed by atoms with van der Waals surface area (Å²) >= 11 is 0. The van der Waals surface area contributed by atoms with E-state index in [1.165, 1.54) is 0 Å². The summed E-state index contributed by atoms with van der Waals surface area (Å²) in [6.45, 7) is 0. The van der Waals surface area contributed by atoms with E-state index in [0.717, 1.165) is 22.3 Å². The second-order valence-electron chi connectivity index (χ2n) is 5.74. The van der Waals surface area contributed by atoms with Crippen molar-refractivity contribution in [2.24, 2.45) is 0 Å². The van der Waals surface area contributed by atoms with Gasteiger partial charge in [-0.1, -0.05) is 78.9 Å². The lowest BCUT2D eigenvalue weighted by molar-refractivity contribution is 0.0378. The number of hydrogen-bond donors (Lipinski definition) is 0. The van der Waals surface area contributed by atoms with Crippen molar-refractivity contribution in [3.05, 3.63) is 107 Å². The van der Waals surface area contributed by atoms with Crippen LogP contribution in [0.25, 0.3) is 12.2 Å². The first-order chi connectivity index (χ1) is 11.8. The third kappa shape index (κ3) is 2.63. The first-order valence-corrected chi connectivity index (χ1v) is 7.95. The summed E-state index contributed by atoms with van der Waals surface area (Å²) < 4.78 is 5.93. The normalized spacial score (nSPS) is 12.8. The van der Waals surface area contributed by atoms with Crippen molar-refractivity contribution in [3.8, 4) is 0 Å². The number of carbonyl (C=O) groups excluding carboxylic acids is 1. The van der Waals surface area contributed by atoms with Crippen molar-refractivity contribution in [1.82, 2.24) is 0 Å². The minimum atomic E-state index is -0.417. The van der Waals surface area contributed by atoms with Gasteiger partial charge in [0, 0.05) is 11.1 Å². The predicted molar refractivity (Wildman–Crippen MR) is 95.5 cm³/mol. The Labute approximate surface area is 141 Å². The van der Waals surface area contributed by atoms with Crippen molar-refractivity contribution in [2.75, 3.05) is 0 Å². The van der Waals surface area contributed by atoms with Crippen LogP contribution in [0.15, 0.2) is 78.9 Å². The van der Waals surface area contributed by atoms with Crippen LogP contribution in [-0.2, 0) is 4.74 Å². The largest absolute Gasteiger partial charge is 0.449 e. The maximum atomic E-state index is 12.6. The standard InChI is InChI=1S/C22H16O2/c23-22(18-10-2-1-3-11-18)24-21-19-12-6-4-8-16(19)14-15-17-9-5-7-13-20(17)21/h1-15,21H. The molecule has 0 radical (unpaired) electrons. The van der Waals surface area contributed by atoms with E-state index >= 15 is 0 Å². The molecule has 0 aromatic heterocycles. The number of rotatable bonds is 2. The van der Waals surface area contributed by atoms with Gasteiger partial charge >= 0.3 is 5.97 Å². The van der Waals surface area contributed by atoms with Crippen LogP contribution in [0.4, 0.5) is 0 Å². The molecule has 0 saturated carbocycles. The Balaban J connectivity index is 1.79. The van der Waals surface area contributed by atoms with Crippen molar-refractivity contribution in [2.45, 2.75) is 6.10 Å². The van der Waals surface area contributed by atoms with E-state index in [1.54, 1.807) is 12.1 Å². The fourth-order valence-corrected chi connectivity index (χ4v) is 3.03. The first-order valence-electron chi connectivity index (χ1n) is 7.95. The maximum absolute atomic E-state index is 12.6. The SMILES string of the molecule is O=C(OC1c2ccccc2C=Cc2ccccc21)c1ccccc1. The van der Waals surface area contributed by atoms with Gasteiger partial charge in [0.2, 0.25) is 0 Å². The van der Waals surface area contributed by atoms with Crippen molar-refractivity contribution in [3.63, 3.8) is 0 Å². The van der Waals surface area contributed by atoms with Gasteiger partial charge in [-0.05, 0) is 23.3 Å². The van der Waals surface area contributed by atoms with Gasteiger partial charge < -0.3 is 4.74 Å². The Bertz CT molecular complexity index is 861. The number of hydrogen-bond acceptors (Lipinski definition) is 2. The summed E-state index contributed by atoms with van der Waals surface area (Å²) in [6, 6.07) is 25.2. The van der Waals surface area contributed by atoms with Crippen molar-refractivity contribution >= 4 is 18.1 Å². The van der Waals surface area contributed by atoms with Gasteiger partial charge in [-0.2, -0.15) is 0 Å². The van der Waals surface area contributed by atoms with Gasteiger partial charge in [-0.25, -0.2) is 4.79 Å². The van der Waals surface area contributed by atoms with E-state index in [4.69, 9.17) is 4.74 Å². The highest BCUT2D eigenvalue weighted by atomic mass is 16.5. The monoisotopic (exact) mass is 312 g/mol. The summed E-state index contributed by atoms with van der Waals surface area (Å²) in [7, 11) is 0. The molecule has 1 aliphatic rings. The van der Waals surface area contributed by atoms with Gasteiger partial charge in [0.25, 0.3) is 0 Å². The van der Waals surface area contributed by atoms with Crippen LogP contribution in [0.1, 0.15) is 38.7 Å². The van der Waals surface area contributed by atoms with Crippen LogP contribution in [0, 0.1) is 0 Å². The molecule has 24 heavy (non-hydrogen) atoms. The molecule has 0 N–H and O–H groups in total. The van der Waals surface area contributed by atoms with Crippen LogP contribution in [0.5, 0.6) is 0 Å². The number of carbonyl (C=O) groups is 1. The zero-order valence-corrected chi connectivity index (χ0v) is 13.1. The number of esters is 1. The molecule has 1 aliphatic carbocycles. The number of fused-ring (bicyclic) bond motifs is 2. The molecule has 116 valence electrons. The topological polar surface area (TPSA) is 26.3 Å². The van der Waals surface area contributed by atoms with Crippen LogP contribution in [0.3, 0.4) is 0 Å². The lowest BCUT2D eigenvalue weighted by Crippen LogP contribution is -2.14. The lowest BCUT2D eigenvalue weighted by atomic mass is 9.96. The van der Waals surface area contributed by atoms with E-state index in [9.17, 15) is 4.79 Å². The summed E-state index contributed by atoms with van der Waals surface area (Å²) in [4.78, 5) is 12.6. The Kier molecular flexibility index (Phi) is 3.72. The molecule has 0 spiro atoms. The minimum Gasteiger partial charge on any atom is -0.449 e. The van der Waals surface area contributed by atoms with Crippen LogP contribution >= 0.6 is 0 Å². The molecule has 0 bridgehead atoms. The predicted octanol–water partition coefficient (Wildman–Crippen LogP) is 5.12. The van der Waals surface area contributed by atoms with Crippen LogP contribution < -0.4 is 0 Å². The van der Waals surface area contributed by atoms with Crippen LogP contribution in [0.2, 0.25) is 0 Å². The Morgan fingerprint density at radius 1 is 0.667 bits per heavy atom. The quantitative estimate of drug-likeness (QED) is 0.614. The molecule has 0 atom stereocenters. The first kappa shape index (κ1) is 14.5. The Morgan fingerprint density at radius 2 is 1.17 bits per heavy atom. The highest BCUT2D eigenvalue weighted by Gasteiger charge is 2.25. The van der Waals surface area contributed by atoms with Crippen LogP contribution in [-0.4, -0.2) is 5.97 Å². The van der Waals surface area contributed by atoms with Gasteiger partial charge in [-0.15, -0.1) is 0 Å². The van der Waals surface area contributed by atoms with Crippen molar-refractivity contribution < 1.29 is 9.53 Å². The molecule has 3 aromatic rings. The van der Waals surface area contributed by atoms with E-state index in [-0.39, 0.29) is 5.97 Å². The summed E-state index contributed by atoms with van der Waals surface area (Å²) in [6.07, 6.45) is 3.73. The molecule has 3 aromatic carbocycles. The molecule has 0 aliphatic heterocycles. The minimum absolute atomic E-state index is 0.313. The van der Waals surface area contributed by atoms with E-state index in [2.05, 4.69) is 12.2 Å². The third-order valence-corrected chi connectivity index (χ3v) is 4.23. The zero-order valence-electron chi connectivity index (χ0n) is 13.1. The van der Waals surface area contributed by atoms with Gasteiger partial charge in [-0.3, -0.25) is 0 Å². The molecule has 0 saturated heterocycles. The van der Waals surface area contributed by atoms with E-state index in [1.807, 2.05) is 66.7 Å². The number of benzene rings is 3. The molecule has 2 nitrogen and oxygen atoms in total. The third-order valence-electron chi connectivity index (χ3n) is 4.23. The molecule has 4 rings (SSSR count). The Hall–Kier alpha value is -3.13. The van der Waals surface area contributed by atoms with Gasteiger partial charge in [0.15, 0.2) is 6.10 Å². The molecule has 0 amide bonds. The van der Waals surface area contributed by atoms with Gasteiger partial charge in [0.05, 0.1) is 5.56 Å². The average Bonchev–Trinajstić information content (AvgIpc) is 2.80. The molecular weight excluding hydrogens is 296 g/mol. The van der Waals surface area contributed by atoms with Crippen molar-refractivity contribution in [1.29, 1.82) is 0 Å². The molecule has 2 heteroatoms. The summed E-state index contributed by atoms with van der Waals surface area (Å²) in [5, 5.41) is 0. The van der Waals surface area contributed by atoms with Gasteiger partial charge in [0.1, 0.15) is 0 Å². The molecule has 0 heterocycles. The highest BCUT2D eigenvalue weighted by molar-refractivity contribution is 5.90. The zero-order chi connectivity index (χ0) is 16.4. The molecular formula is C22H16O2. The second kappa shape index (κ2) is 6.17. The van der Waals surface area contributed by atoms with E-state index < -0.39 is 6.10 Å². The summed E-state index contributed by atoms with van der Waals surface area (Å²) in [5.41, 5.74) is 4.70. The summed E-state index contributed by atoms with van der Waals surface area (Å²) in [5.74, 6) is -0.313. The fraction of sp³-hybridized carbons (Fsp3) is 0.0455. The van der Waals surface area contributed by atoms with E-state index in [0.29, 0.717) is 5.56 Å². The highest BCUT2D eigenvalue weighted by Crippen LogP contribution is 2.35. The Morgan fingerprint density at radius 3 is 1.75 bits per heavy atom. The molecule has 0 fully saturated rings. The lowest BCUT2D eigenvalue weighted by Gasteiger charge is -2.21. The fourth-order valence-electron chi connectivity index (χ4n) is 3.03. The molecule has 0 unspecified atom stereocenters. The smallest absolute Gasteiger partial charge is 0.339 e. The maximum Gasteiger partial charge on any atom is 0.339 e. The average molecular weight is 312 g/mol.